The molecule has 114 valence electrons. The van der Waals surface area contributed by atoms with Crippen LogP contribution in [0.25, 0.3) is 17.0 Å². The van der Waals surface area contributed by atoms with E-state index < -0.39 is 0 Å². The summed E-state index contributed by atoms with van der Waals surface area (Å²) in [5, 5.41) is 3.09. The van der Waals surface area contributed by atoms with Crippen LogP contribution in [0.15, 0.2) is 64.7 Å². The molecular weight excluding hydrogens is 324 g/mol. The van der Waals surface area contributed by atoms with E-state index in [-0.39, 0.29) is 0 Å². The Morgan fingerprint density at radius 1 is 1.09 bits per heavy atom. The van der Waals surface area contributed by atoms with Gasteiger partial charge in [-0.05, 0) is 29.8 Å². The normalized spacial score (nSPS) is 15.4. The number of nitrogens with zero attached hydrogens (tertiary/aromatic N) is 2. The third kappa shape index (κ3) is 2.41. The van der Waals surface area contributed by atoms with E-state index in [0.717, 1.165) is 21.5 Å². The summed E-state index contributed by atoms with van der Waals surface area (Å²) >= 11 is 8.28. The average molecular weight is 340 g/mol. The first-order valence-corrected chi connectivity index (χ1v) is 8.64. The molecule has 1 aromatic heterocycles. The molecule has 0 radical (unpaired) electrons. The van der Waals surface area contributed by atoms with Gasteiger partial charge >= 0.3 is 0 Å². The predicted octanol–water partition coefficient (Wildman–Crippen LogP) is 4.86. The third-order valence-electron chi connectivity index (χ3n) is 4.19. The molecule has 0 aliphatic carbocycles. The molecule has 0 saturated heterocycles. The molecular formula is C19H16ClN2S+. The van der Waals surface area contributed by atoms with Crippen LogP contribution in [0.2, 0.25) is 5.02 Å². The fourth-order valence-corrected chi connectivity index (χ4v) is 4.33. The lowest BCUT2D eigenvalue weighted by Crippen LogP contribution is -2.28. The van der Waals surface area contributed by atoms with E-state index in [0.29, 0.717) is 0 Å². The minimum absolute atomic E-state index is 0.786. The standard InChI is InChI=1S/C19H16ClN2S/c1-21-11-10-13(19-14(20)6-5-8-16(19)21)12-18-22(2)15-7-3-4-9-17(15)23-18/h3-12H,1-2H3/q+1. The van der Waals surface area contributed by atoms with Gasteiger partial charge in [-0.1, -0.05) is 41.6 Å². The number of pyridine rings is 1. The Balaban J connectivity index is 1.88. The largest absolute Gasteiger partial charge is 0.338 e. The maximum absolute atomic E-state index is 6.48. The second-order valence-corrected chi connectivity index (χ2v) is 7.10. The fourth-order valence-electron chi connectivity index (χ4n) is 2.95. The van der Waals surface area contributed by atoms with E-state index in [1.165, 1.54) is 15.6 Å². The molecule has 2 nitrogen and oxygen atoms in total. The summed E-state index contributed by atoms with van der Waals surface area (Å²) in [5.41, 5.74) is 3.53. The summed E-state index contributed by atoms with van der Waals surface area (Å²) in [6.45, 7) is 0. The van der Waals surface area contributed by atoms with Crippen molar-refractivity contribution in [3.63, 3.8) is 0 Å². The summed E-state index contributed by atoms with van der Waals surface area (Å²) < 4.78 is 2.10. The zero-order chi connectivity index (χ0) is 16.0. The molecule has 2 heterocycles. The van der Waals surface area contributed by atoms with E-state index >= 15 is 0 Å². The van der Waals surface area contributed by atoms with E-state index in [1.807, 2.05) is 19.2 Å². The summed E-state index contributed by atoms with van der Waals surface area (Å²) in [4.78, 5) is 3.52. The van der Waals surface area contributed by atoms with Crippen LogP contribution in [0.4, 0.5) is 5.69 Å². The molecule has 0 saturated carbocycles. The monoisotopic (exact) mass is 339 g/mol. The SMILES string of the molecule is CN1/C(=C/c2cc[n+](C)c3cccc(Cl)c23)Sc2ccccc21. The quantitative estimate of drug-likeness (QED) is 0.585. The van der Waals surface area contributed by atoms with Crippen molar-refractivity contribution in [2.24, 2.45) is 7.05 Å². The van der Waals surface area contributed by atoms with Gasteiger partial charge in [0.05, 0.1) is 21.1 Å². The summed E-state index contributed by atoms with van der Waals surface area (Å²) in [6.07, 6.45) is 4.30. The zero-order valence-corrected chi connectivity index (χ0v) is 14.5. The van der Waals surface area contributed by atoms with Crippen molar-refractivity contribution in [2.75, 3.05) is 11.9 Å². The number of aryl methyl sites for hydroxylation is 1. The van der Waals surface area contributed by atoms with Crippen LogP contribution in [-0.4, -0.2) is 7.05 Å². The molecule has 0 N–H and O–H groups in total. The summed E-state index contributed by atoms with van der Waals surface area (Å²) in [5.74, 6) is 0. The molecule has 3 aromatic rings. The molecule has 4 rings (SSSR count). The molecule has 2 aromatic carbocycles. The Bertz CT molecular complexity index is 949. The first-order chi connectivity index (χ1) is 11.1. The lowest BCUT2D eigenvalue weighted by Gasteiger charge is -2.13. The van der Waals surface area contributed by atoms with Crippen molar-refractivity contribution in [1.82, 2.24) is 0 Å². The molecule has 0 unspecified atom stereocenters. The van der Waals surface area contributed by atoms with Crippen molar-refractivity contribution in [1.29, 1.82) is 0 Å². The van der Waals surface area contributed by atoms with Crippen LogP contribution in [0, 0.1) is 0 Å². The van der Waals surface area contributed by atoms with Crippen LogP contribution < -0.4 is 9.47 Å². The average Bonchev–Trinajstić information content (AvgIpc) is 2.87. The van der Waals surface area contributed by atoms with Crippen molar-refractivity contribution < 1.29 is 4.57 Å². The Morgan fingerprint density at radius 2 is 1.91 bits per heavy atom. The smallest absolute Gasteiger partial charge is 0.214 e. The van der Waals surface area contributed by atoms with Gasteiger partial charge in [0.1, 0.15) is 7.05 Å². The van der Waals surface area contributed by atoms with Crippen LogP contribution in [0.1, 0.15) is 5.56 Å². The molecule has 23 heavy (non-hydrogen) atoms. The molecule has 1 aliphatic heterocycles. The third-order valence-corrected chi connectivity index (χ3v) is 5.67. The van der Waals surface area contributed by atoms with Gasteiger partial charge in [-0.25, -0.2) is 4.57 Å². The highest BCUT2D eigenvalue weighted by atomic mass is 35.5. The number of hydrogen-bond donors (Lipinski definition) is 0. The predicted molar refractivity (Wildman–Crippen MR) is 98.8 cm³/mol. The van der Waals surface area contributed by atoms with Gasteiger partial charge in [0.2, 0.25) is 5.52 Å². The molecule has 1 aliphatic rings. The number of hydrogen-bond acceptors (Lipinski definition) is 2. The Hall–Kier alpha value is -1.97. The van der Waals surface area contributed by atoms with Gasteiger partial charge in [0.15, 0.2) is 6.20 Å². The van der Waals surface area contributed by atoms with Crippen molar-refractivity contribution in [3.05, 3.63) is 70.3 Å². The number of halogens is 1. The summed E-state index contributed by atoms with van der Waals surface area (Å²) in [6, 6.07) is 16.6. The zero-order valence-electron chi connectivity index (χ0n) is 13.0. The van der Waals surface area contributed by atoms with E-state index in [9.17, 15) is 0 Å². The van der Waals surface area contributed by atoms with Gasteiger partial charge in [0, 0.05) is 24.1 Å². The Kier molecular flexibility index (Phi) is 3.55. The topological polar surface area (TPSA) is 7.12 Å². The second-order valence-electron chi connectivity index (χ2n) is 5.63. The maximum Gasteiger partial charge on any atom is 0.214 e. The highest BCUT2D eigenvalue weighted by Crippen LogP contribution is 2.45. The maximum atomic E-state index is 6.48. The van der Waals surface area contributed by atoms with Crippen LogP contribution >= 0.6 is 23.4 Å². The van der Waals surface area contributed by atoms with Crippen molar-refractivity contribution in [3.8, 4) is 0 Å². The number of rotatable bonds is 1. The molecule has 0 spiro atoms. The number of para-hydroxylation sites is 1. The summed E-state index contributed by atoms with van der Waals surface area (Å²) in [7, 11) is 4.15. The fraction of sp³-hybridized carbons (Fsp3) is 0.105. The highest BCUT2D eigenvalue weighted by Gasteiger charge is 2.22. The number of benzene rings is 2. The molecule has 0 amide bonds. The van der Waals surface area contributed by atoms with E-state index in [4.69, 9.17) is 11.6 Å². The minimum Gasteiger partial charge on any atom is -0.338 e. The lowest BCUT2D eigenvalue weighted by molar-refractivity contribution is -0.644. The van der Waals surface area contributed by atoms with Crippen LogP contribution in [0.3, 0.4) is 0 Å². The van der Waals surface area contributed by atoms with Crippen molar-refractivity contribution in [2.45, 2.75) is 4.90 Å². The van der Waals surface area contributed by atoms with Gasteiger partial charge < -0.3 is 4.90 Å². The second kappa shape index (κ2) is 5.59. The Labute approximate surface area is 145 Å². The van der Waals surface area contributed by atoms with Crippen LogP contribution in [0.5, 0.6) is 0 Å². The number of fused-ring (bicyclic) bond motifs is 2. The number of anilines is 1. The van der Waals surface area contributed by atoms with E-state index in [2.05, 4.69) is 65.2 Å². The van der Waals surface area contributed by atoms with Gasteiger partial charge in [-0.3, -0.25) is 0 Å². The number of aromatic nitrogens is 1. The first kappa shape index (κ1) is 14.6. The first-order valence-electron chi connectivity index (χ1n) is 7.44. The van der Waals surface area contributed by atoms with Crippen LogP contribution in [-0.2, 0) is 7.05 Å². The minimum atomic E-state index is 0.786. The van der Waals surface area contributed by atoms with Gasteiger partial charge in [-0.15, -0.1) is 0 Å². The van der Waals surface area contributed by atoms with Crippen molar-refractivity contribution >= 4 is 46.0 Å². The lowest BCUT2D eigenvalue weighted by atomic mass is 10.1. The van der Waals surface area contributed by atoms with Gasteiger partial charge in [-0.2, -0.15) is 0 Å². The molecule has 4 heteroatoms. The molecule has 0 atom stereocenters. The Morgan fingerprint density at radius 3 is 2.74 bits per heavy atom. The molecule has 0 fully saturated rings. The van der Waals surface area contributed by atoms with Gasteiger partial charge in [0.25, 0.3) is 0 Å². The van der Waals surface area contributed by atoms with E-state index in [1.54, 1.807) is 11.8 Å². The molecule has 0 bridgehead atoms. The number of thioether (sulfide) groups is 1. The highest BCUT2D eigenvalue weighted by molar-refractivity contribution is 8.03.